The van der Waals surface area contributed by atoms with Gasteiger partial charge in [-0.2, -0.15) is 0 Å². The minimum absolute atomic E-state index is 0.107. The summed E-state index contributed by atoms with van der Waals surface area (Å²) in [7, 11) is -1.67. The van der Waals surface area contributed by atoms with E-state index in [0.29, 0.717) is 19.2 Å². The van der Waals surface area contributed by atoms with Crippen LogP contribution in [0.4, 0.5) is 4.39 Å². The van der Waals surface area contributed by atoms with Gasteiger partial charge in [0.2, 0.25) is 0 Å². The maximum Gasteiger partial charge on any atom is 0.488 e. The van der Waals surface area contributed by atoms with E-state index in [2.05, 4.69) is 5.32 Å². The van der Waals surface area contributed by atoms with Gasteiger partial charge in [0.1, 0.15) is 6.61 Å². The second kappa shape index (κ2) is 6.59. The highest BCUT2D eigenvalue weighted by Crippen LogP contribution is 2.14. The second-order valence-corrected chi connectivity index (χ2v) is 4.02. The lowest BCUT2D eigenvalue weighted by atomic mass is 9.80. The SMILES string of the molecule is CC(C)NCCOc1ccc(B(O)O)cc1F. The first kappa shape index (κ1) is 14.0. The summed E-state index contributed by atoms with van der Waals surface area (Å²) < 4.78 is 18.6. The monoisotopic (exact) mass is 241 g/mol. The summed E-state index contributed by atoms with van der Waals surface area (Å²) >= 11 is 0. The van der Waals surface area contributed by atoms with Crippen molar-refractivity contribution in [3.63, 3.8) is 0 Å². The summed E-state index contributed by atoms with van der Waals surface area (Å²) in [6, 6.07) is 4.21. The molecule has 0 bridgehead atoms. The van der Waals surface area contributed by atoms with Gasteiger partial charge in [0.15, 0.2) is 11.6 Å². The van der Waals surface area contributed by atoms with Crippen molar-refractivity contribution < 1.29 is 19.2 Å². The molecule has 0 aromatic heterocycles. The van der Waals surface area contributed by atoms with Crippen molar-refractivity contribution in [1.82, 2.24) is 5.32 Å². The molecule has 3 N–H and O–H groups in total. The topological polar surface area (TPSA) is 61.7 Å². The predicted molar refractivity (Wildman–Crippen MR) is 64.9 cm³/mol. The lowest BCUT2D eigenvalue weighted by Crippen LogP contribution is -2.30. The molecule has 0 radical (unpaired) electrons. The van der Waals surface area contributed by atoms with E-state index in [9.17, 15) is 4.39 Å². The third kappa shape index (κ3) is 4.72. The summed E-state index contributed by atoms with van der Waals surface area (Å²) in [6.45, 7) is 5.01. The Labute approximate surface area is 101 Å². The molecule has 0 fully saturated rings. The van der Waals surface area contributed by atoms with Crippen LogP contribution < -0.4 is 15.5 Å². The van der Waals surface area contributed by atoms with Gasteiger partial charge in [-0.05, 0) is 17.6 Å². The van der Waals surface area contributed by atoms with Crippen molar-refractivity contribution in [3.05, 3.63) is 24.0 Å². The maximum absolute atomic E-state index is 13.4. The number of rotatable bonds is 6. The fourth-order valence-corrected chi connectivity index (χ4v) is 1.30. The largest absolute Gasteiger partial charge is 0.489 e. The van der Waals surface area contributed by atoms with Crippen molar-refractivity contribution in [3.8, 4) is 5.75 Å². The molecule has 0 atom stereocenters. The first-order chi connectivity index (χ1) is 8.00. The van der Waals surface area contributed by atoms with Crippen molar-refractivity contribution in [2.45, 2.75) is 19.9 Å². The highest BCUT2D eigenvalue weighted by atomic mass is 19.1. The first-order valence-corrected chi connectivity index (χ1v) is 5.52. The molecule has 0 saturated carbocycles. The van der Waals surface area contributed by atoms with Crippen LogP contribution in [0.1, 0.15) is 13.8 Å². The summed E-state index contributed by atoms with van der Waals surface area (Å²) in [5.74, 6) is -0.486. The summed E-state index contributed by atoms with van der Waals surface area (Å²) in [6.07, 6.45) is 0. The van der Waals surface area contributed by atoms with Gasteiger partial charge in [0, 0.05) is 12.6 Å². The van der Waals surface area contributed by atoms with Crippen LogP contribution in [-0.4, -0.2) is 36.4 Å². The molecule has 94 valence electrons. The molecule has 0 spiro atoms. The van der Waals surface area contributed by atoms with Gasteiger partial charge in [0.05, 0.1) is 0 Å². The van der Waals surface area contributed by atoms with Crippen LogP contribution in [0.5, 0.6) is 5.75 Å². The Balaban J connectivity index is 2.49. The highest BCUT2D eigenvalue weighted by molar-refractivity contribution is 6.58. The van der Waals surface area contributed by atoms with E-state index in [-0.39, 0.29) is 11.2 Å². The van der Waals surface area contributed by atoms with E-state index in [1.165, 1.54) is 12.1 Å². The standard InChI is InChI=1S/C11H17BFNO3/c1-8(2)14-5-6-17-11-4-3-9(12(15)16)7-10(11)13/h3-4,7-8,14-16H,5-6H2,1-2H3. The summed E-state index contributed by atoms with van der Waals surface area (Å²) in [5, 5.41) is 20.8. The van der Waals surface area contributed by atoms with Crippen LogP contribution in [0.3, 0.4) is 0 Å². The van der Waals surface area contributed by atoms with Crippen LogP contribution >= 0.6 is 0 Å². The average Bonchev–Trinajstić information content (AvgIpc) is 2.25. The number of hydrogen-bond acceptors (Lipinski definition) is 4. The minimum Gasteiger partial charge on any atom is -0.489 e. The van der Waals surface area contributed by atoms with Crippen molar-refractivity contribution in [2.24, 2.45) is 0 Å². The van der Waals surface area contributed by atoms with Gasteiger partial charge in [-0.15, -0.1) is 0 Å². The van der Waals surface area contributed by atoms with Crippen LogP contribution in [0, 0.1) is 5.82 Å². The Morgan fingerprint density at radius 1 is 1.41 bits per heavy atom. The minimum atomic E-state index is -1.67. The van der Waals surface area contributed by atoms with Crippen molar-refractivity contribution in [2.75, 3.05) is 13.2 Å². The lowest BCUT2D eigenvalue weighted by molar-refractivity contribution is 0.294. The second-order valence-electron chi connectivity index (χ2n) is 4.02. The molecule has 1 aromatic rings. The van der Waals surface area contributed by atoms with E-state index in [4.69, 9.17) is 14.8 Å². The quantitative estimate of drug-likeness (QED) is 0.480. The number of halogens is 1. The summed E-state index contributed by atoms with van der Waals surface area (Å²) in [5.41, 5.74) is 0.107. The Morgan fingerprint density at radius 2 is 2.12 bits per heavy atom. The van der Waals surface area contributed by atoms with Crippen LogP contribution in [0.15, 0.2) is 18.2 Å². The number of benzene rings is 1. The maximum atomic E-state index is 13.4. The average molecular weight is 241 g/mol. The molecule has 0 aliphatic carbocycles. The van der Waals surface area contributed by atoms with Crippen molar-refractivity contribution >= 4 is 12.6 Å². The number of nitrogens with one attached hydrogen (secondary N) is 1. The fourth-order valence-electron chi connectivity index (χ4n) is 1.30. The summed E-state index contributed by atoms with van der Waals surface area (Å²) in [4.78, 5) is 0. The molecule has 6 heteroatoms. The number of ether oxygens (including phenoxy) is 1. The molecule has 1 rings (SSSR count). The van der Waals surface area contributed by atoms with E-state index in [1.807, 2.05) is 13.8 Å². The first-order valence-electron chi connectivity index (χ1n) is 5.52. The zero-order chi connectivity index (χ0) is 12.8. The third-order valence-electron chi connectivity index (χ3n) is 2.17. The van der Waals surface area contributed by atoms with Gasteiger partial charge in [-0.3, -0.25) is 0 Å². The van der Waals surface area contributed by atoms with E-state index in [1.54, 1.807) is 0 Å². The molecule has 17 heavy (non-hydrogen) atoms. The van der Waals surface area contributed by atoms with E-state index < -0.39 is 12.9 Å². The van der Waals surface area contributed by atoms with Crippen molar-refractivity contribution in [1.29, 1.82) is 0 Å². The molecule has 0 aliphatic heterocycles. The molecular weight excluding hydrogens is 224 g/mol. The van der Waals surface area contributed by atoms with Gasteiger partial charge in [-0.25, -0.2) is 4.39 Å². The molecule has 0 saturated heterocycles. The van der Waals surface area contributed by atoms with Gasteiger partial charge in [0.25, 0.3) is 0 Å². The highest BCUT2D eigenvalue weighted by Gasteiger charge is 2.13. The smallest absolute Gasteiger partial charge is 0.488 e. The zero-order valence-corrected chi connectivity index (χ0v) is 9.98. The third-order valence-corrected chi connectivity index (χ3v) is 2.17. The Hall–Kier alpha value is -1.11. The molecule has 1 aromatic carbocycles. The predicted octanol–water partition coefficient (Wildman–Crippen LogP) is -0.118. The molecule has 0 unspecified atom stereocenters. The van der Waals surface area contributed by atoms with Crippen LogP contribution in [0.25, 0.3) is 0 Å². The lowest BCUT2D eigenvalue weighted by Gasteiger charge is -2.10. The molecule has 0 aliphatic rings. The molecule has 0 heterocycles. The van der Waals surface area contributed by atoms with Gasteiger partial charge < -0.3 is 20.1 Å². The van der Waals surface area contributed by atoms with E-state index in [0.717, 1.165) is 6.07 Å². The molecule has 0 amide bonds. The van der Waals surface area contributed by atoms with E-state index >= 15 is 0 Å². The van der Waals surface area contributed by atoms with Crippen LogP contribution in [0.2, 0.25) is 0 Å². The van der Waals surface area contributed by atoms with Crippen LogP contribution in [-0.2, 0) is 0 Å². The Bertz CT molecular complexity index is 361. The van der Waals surface area contributed by atoms with Gasteiger partial charge >= 0.3 is 7.12 Å². The molecule has 4 nitrogen and oxygen atoms in total. The Morgan fingerprint density at radius 3 is 2.65 bits per heavy atom. The molecular formula is C11H17BFNO3. The zero-order valence-electron chi connectivity index (χ0n) is 9.98. The normalized spacial score (nSPS) is 10.7. The van der Waals surface area contributed by atoms with Gasteiger partial charge in [-0.1, -0.05) is 19.9 Å². The fraction of sp³-hybridized carbons (Fsp3) is 0.455. The number of hydrogen-bond donors (Lipinski definition) is 3. The Kier molecular flexibility index (Phi) is 5.41.